The van der Waals surface area contributed by atoms with Gasteiger partial charge in [0.15, 0.2) is 0 Å². The quantitative estimate of drug-likeness (QED) is 0.0672. The molecule has 0 fully saturated rings. The summed E-state index contributed by atoms with van der Waals surface area (Å²) in [5.41, 5.74) is 0. The number of aliphatic carboxylic acids is 1. The molecule has 0 radical (unpaired) electrons. The van der Waals surface area contributed by atoms with Crippen LogP contribution in [0.2, 0.25) is 0 Å². The van der Waals surface area contributed by atoms with Gasteiger partial charge in [0.1, 0.15) is 5.03 Å². The molecule has 3 N–H and O–H groups in total. The lowest BCUT2D eigenvalue weighted by atomic mass is 10.5. The summed E-state index contributed by atoms with van der Waals surface area (Å²) in [6.45, 7) is 50.6. The standard InChI is InChI=1S/C9H12N2OS2.C5H11NOS2.4C3H8.C2H4O2.7C2H6.7CH4S/c1-8(12)10-6-7-13-14-9-4-2-3-5-11-9;1-5(7)6-3-4-9-8-2;4*1-3-2;1-2(3)4;14*1-2/h2-5H,6-7H2,1H3,(H,10,12);3-4H2,1-2H3,(H,6,7);4*3H2,1-2H3;1H3,(H,3,4);7*1-2H3;7*2H,1H3. The Labute approximate surface area is 483 Å². The average molecular weight is 1180 g/mol. The third-order valence-corrected chi connectivity index (χ3v) is 6.10. The zero-order valence-electron chi connectivity index (χ0n) is 50.8. The monoisotopic (exact) mass is 1180 g/mol. The first-order chi connectivity index (χ1) is 32.4. The summed E-state index contributed by atoms with van der Waals surface area (Å²) in [5, 5.41) is 13.9. The molecule has 0 unspecified atom stereocenters. The number of carboxylic acids is 1. The predicted molar refractivity (Wildman–Crippen MR) is 367 cm³/mol. The number of carboxylic acid groups (broad SMARTS) is 1. The Morgan fingerprint density at radius 2 is 0.687 bits per heavy atom. The zero-order chi connectivity index (χ0) is 59.7. The number of carbonyl (C=O) groups excluding carboxylic acids is 2. The van der Waals surface area contributed by atoms with E-state index in [2.05, 4.69) is 159 Å². The fraction of sp³-hybridized carbons (Fsp3) is 0.837. The molecule has 0 aliphatic rings. The Morgan fingerprint density at radius 3 is 0.851 bits per heavy atom. The highest BCUT2D eigenvalue weighted by atomic mass is 33.1. The maximum Gasteiger partial charge on any atom is 0.300 e. The van der Waals surface area contributed by atoms with Gasteiger partial charge in [0, 0.05) is 51.6 Å². The predicted octanol–water partition coefficient (Wildman–Crippen LogP) is 19.9. The minimum Gasteiger partial charge on any atom is -0.481 e. The van der Waals surface area contributed by atoms with E-state index >= 15 is 0 Å². The number of carbonyl (C=O) groups is 3. The second-order valence-electron chi connectivity index (χ2n) is 7.38. The highest BCUT2D eigenvalue weighted by Gasteiger charge is 1.95. The molecule has 1 aromatic rings. The second kappa shape index (κ2) is 283. The molecule has 0 aliphatic heterocycles. The van der Waals surface area contributed by atoms with Gasteiger partial charge in [-0.15, -0.1) is 0 Å². The summed E-state index contributed by atoms with van der Waals surface area (Å²) >= 11 is 24.7. The molecule has 2 amide bonds. The summed E-state index contributed by atoms with van der Waals surface area (Å²) in [4.78, 5) is 34.0. The smallest absolute Gasteiger partial charge is 0.300 e. The zero-order valence-corrected chi connectivity index (χ0v) is 60.4. The van der Waals surface area contributed by atoms with Crippen LogP contribution in [0.1, 0.15) is 199 Å². The van der Waals surface area contributed by atoms with Gasteiger partial charge in [0.25, 0.3) is 5.97 Å². The summed E-state index contributed by atoms with van der Waals surface area (Å²) in [5.74, 6) is 1.12. The number of hydrogen-bond donors (Lipinski definition) is 10. The number of nitrogens with one attached hydrogen (secondary N) is 2. The lowest BCUT2D eigenvalue weighted by Crippen LogP contribution is -2.22. The van der Waals surface area contributed by atoms with E-state index in [0.29, 0.717) is 6.54 Å². The van der Waals surface area contributed by atoms with Crippen molar-refractivity contribution in [2.45, 2.75) is 204 Å². The van der Waals surface area contributed by atoms with Gasteiger partial charge in [0.2, 0.25) is 11.8 Å². The van der Waals surface area contributed by atoms with Crippen molar-refractivity contribution in [3.8, 4) is 0 Å². The van der Waals surface area contributed by atoms with Crippen LogP contribution >= 0.6 is 132 Å². The lowest BCUT2D eigenvalue weighted by Gasteiger charge is -2.00. The number of nitrogens with zero attached hydrogens (tertiary/aromatic N) is 1. The Kier molecular flexibility index (Phi) is 560. The summed E-state index contributed by atoms with van der Waals surface area (Å²) in [7, 11) is 6.78. The largest absolute Gasteiger partial charge is 0.481 e. The minimum atomic E-state index is -0.833. The molecule has 0 bridgehead atoms. The Morgan fingerprint density at radius 1 is 0.478 bits per heavy atom. The van der Waals surface area contributed by atoms with E-state index < -0.39 is 5.97 Å². The maximum absolute atomic E-state index is 10.5. The van der Waals surface area contributed by atoms with E-state index in [-0.39, 0.29) is 11.8 Å². The van der Waals surface area contributed by atoms with E-state index in [4.69, 9.17) is 9.90 Å². The molecule has 0 saturated heterocycles. The van der Waals surface area contributed by atoms with E-state index in [1.807, 2.05) is 121 Å². The molecule has 1 aromatic heterocycles. The van der Waals surface area contributed by atoms with Crippen LogP contribution in [0.5, 0.6) is 0 Å². The summed E-state index contributed by atoms with van der Waals surface area (Å²) in [6, 6.07) is 5.83. The number of rotatable bonds is 9. The van der Waals surface area contributed by atoms with Crippen molar-refractivity contribution in [3.05, 3.63) is 24.4 Å². The van der Waals surface area contributed by atoms with E-state index in [0.717, 1.165) is 30.0 Å². The molecule has 18 heteroatoms. The Hall–Kier alpha value is 1.41. The third-order valence-electron chi connectivity index (χ3n) is 2.02. The molecule has 430 valence electrons. The van der Waals surface area contributed by atoms with Crippen LogP contribution < -0.4 is 10.6 Å². The fourth-order valence-corrected chi connectivity index (χ4v) is 4.01. The topological polar surface area (TPSA) is 108 Å². The Balaban J connectivity index is -0.0000000206. The number of amides is 2. The van der Waals surface area contributed by atoms with Crippen LogP contribution in [-0.4, -0.2) is 103 Å². The number of pyridine rings is 1. The SMILES string of the molecule is CC.CC.CC.CC.CC.CC.CC.CC(=O)NCCSSc1ccccn1.CC(=O)O.CCC.CCC.CCC.CCC.CS.CS.CS.CS.CS.CS.CS.CSSCCNC(C)=O. The first-order valence-electron chi connectivity index (χ1n) is 23.6. The first-order valence-corrected chi connectivity index (χ1v) is 34.9. The average Bonchev–Trinajstić information content (AvgIpc) is 3.40. The molecule has 67 heavy (non-hydrogen) atoms. The summed E-state index contributed by atoms with van der Waals surface area (Å²) < 4.78 is 0. The molecule has 0 aromatic carbocycles. The van der Waals surface area contributed by atoms with Gasteiger partial charge in [-0.1, -0.05) is 216 Å². The van der Waals surface area contributed by atoms with E-state index in [9.17, 15) is 9.59 Å². The van der Waals surface area contributed by atoms with E-state index in [1.54, 1.807) is 93.2 Å². The van der Waals surface area contributed by atoms with Crippen LogP contribution in [0.15, 0.2) is 29.4 Å². The molecule has 1 rings (SSSR count). The number of aromatic nitrogens is 1. The maximum atomic E-state index is 10.5. The first kappa shape index (κ1) is 133. The van der Waals surface area contributed by atoms with Crippen LogP contribution in [0.4, 0.5) is 0 Å². The second-order valence-corrected chi connectivity index (χ2v) is 12.5. The van der Waals surface area contributed by atoms with Crippen molar-refractivity contribution in [1.29, 1.82) is 0 Å². The third kappa shape index (κ3) is 526. The molecule has 7 nitrogen and oxygen atoms in total. The van der Waals surface area contributed by atoms with Crippen LogP contribution in [0.3, 0.4) is 0 Å². The number of thiol groups is 7. The molecule has 0 aliphatic carbocycles. The highest BCUT2D eigenvalue weighted by molar-refractivity contribution is 8.76. The van der Waals surface area contributed by atoms with E-state index in [1.165, 1.54) is 39.5 Å². The van der Waals surface area contributed by atoms with Crippen molar-refractivity contribution in [2.75, 3.05) is 74.6 Å². The Bertz CT molecular complexity index is 603. The van der Waals surface area contributed by atoms with Gasteiger partial charge in [-0.25, -0.2) is 4.98 Å². The molecular weight excluding hydrogens is 1050 g/mol. The van der Waals surface area contributed by atoms with Gasteiger partial charge in [-0.3, -0.25) is 14.4 Å². The normalized spacial score (nSPS) is 5.97. The summed E-state index contributed by atoms with van der Waals surface area (Å²) in [6.07, 6.45) is 20.7. The molecule has 1 heterocycles. The van der Waals surface area contributed by atoms with Crippen LogP contribution in [0.25, 0.3) is 0 Å². The van der Waals surface area contributed by atoms with Gasteiger partial charge in [-0.2, -0.15) is 88.4 Å². The van der Waals surface area contributed by atoms with Gasteiger partial charge < -0.3 is 15.7 Å². The highest BCUT2D eigenvalue weighted by Crippen LogP contribution is 2.28. The molecule has 0 atom stereocenters. The minimum absolute atomic E-state index is 0.0217. The van der Waals surface area contributed by atoms with Crippen LogP contribution in [-0.2, 0) is 14.4 Å². The van der Waals surface area contributed by atoms with Crippen molar-refractivity contribution in [2.24, 2.45) is 0 Å². The lowest BCUT2D eigenvalue weighted by molar-refractivity contribution is -0.134. The number of hydrogen-bond acceptors (Lipinski definition) is 15. The fourth-order valence-electron chi connectivity index (χ4n) is 1.12. The van der Waals surface area contributed by atoms with Gasteiger partial charge in [0.05, 0.1) is 0 Å². The molecule has 0 saturated carbocycles. The van der Waals surface area contributed by atoms with Gasteiger partial charge in [-0.05, 0) is 73.0 Å². The molecule has 0 spiro atoms. The van der Waals surface area contributed by atoms with Crippen molar-refractivity contribution >= 4 is 149 Å². The van der Waals surface area contributed by atoms with Crippen molar-refractivity contribution < 1.29 is 19.5 Å². The molecular formula is C49H129N3O4S11. The van der Waals surface area contributed by atoms with Crippen LogP contribution in [0, 0.1) is 0 Å². The van der Waals surface area contributed by atoms with Crippen molar-refractivity contribution in [1.82, 2.24) is 15.6 Å². The van der Waals surface area contributed by atoms with Gasteiger partial charge >= 0.3 is 0 Å². The van der Waals surface area contributed by atoms with Crippen molar-refractivity contribution in [3.63, 3.8) is 0 Å².